The summed E-state index contributed by atoms with van der Waals surface area (Å²) in [6.45, 7) is 3.04. The third-order valence-electron chi connectivity index (χ3n) is 5.41. The van der Waals surface area contributed by atoms with Gasteiger partial charge < -0.3 is 26.0 Å². The van der Waals surface area contributed by atoms with E-state index in [4.69, 9.17) is 10.5 Å². The first-order valence-electron chi connectivity index (χ1n) is 11.0. The van der Waals surface area contributed by atoms with E-state index in [9.17, 15) is 14.4 Å². The molecular weight excluding hydrogens is 452 g/mol. The van der Waals surface area contributed by atoms with Crippen LogP contribution < -0.4 is 21.3 Å². The number of morpholine rings is 1. The van der Waals surface area contributed by atoms with E-state index in [0.29, 0.717) is 30.2 Å². The second-order valence-electron chi connectivity index (χ2n) is 7.82. The van der Waals surface area contributed by atoms with Gasteiger partial charge in [0.25, 0.3) is 11.8 Å². The zero-order valence-corrected chi connectivity index (χ0v) is 19.4. The molecule has 0 atom stereocenters. The van der Waals surface area contributed by atoms with Gasteiger partial charge in [0.1, 0.15) is 0 Å². The van der Waals surface area contributed by atoms with Crippen molar-refractivity contribution < 1.29 is 19.1 Å². The molecule has 1 aromatic heterocycles. The van der Waals surface area contributed by atoms with E-state index < -0.39 is 5.91 Å². The number of nitrogens with two attached hydrogens (primary N) is 1. The van der Waals surface area contributed by atoms with Crippen molar-refractivity contribution in [1.82, 2.24) is 10.6 Å². The normalized spacial score (nSPS) is 13.4. The van der Waals surface area contributed by atoms with Crippen LogP contribution in [0.1, 0.15) is 25.6 Å². The van der Waals surface area contributed by atoms with Crippen molar-refractivity contribution >= 4 is 34.1 Å². The number of hydrogen-bond acceptors (Lipinski definition) is 6. The summed E-state index contributed by atoms with van der Waals surface area (Å²) in [7, 11) is 0. The van der Waals surface area contributed by atoms with Crippen LogP contribution in [0.25, 0.3) is 11.1 Å². The summed E-state index contributed by atoms with van der Waals surface area (Å²) >= 11 is 1.49. The molecule has 1 fully saturated rings. The monoisotopic (exact) mass is 478 g/mol. The van der Waals surface area contributed by atoms with Gasteiger partial charge in [-0.1, -0.05) is 42.5 Å². The van der Waals surface area contributed by atoms with E-state index in [1.807, 2.05) is 24.3 Å². The number of amides is 3. The number of benzene rings is 2. The Morgan fingerprint density at radius 1 is 0.941 bits per heavy atom. The molecule has 1 saturated heterocycles. The number of anilines is 1. The highest BCUT2D eigenvalue weighted by atomic mass is 32.1. The van der Waals surface area contributed by atoms with Crippen LogP contribution in [-0.4, -0.2) is 50.6 Å². The molecule has 9 heteroatoms. The van der Waals surface area contributed by atoms with Crippen LogP contribution in [-0.2, 0) is 16.1 Å². The third-order valence-corrected chi connectivity index (χ3v) is 6.61. The molecule has 8 nitrogen and oxygen atoms in total. The van der Waals surface area contributed by atoms with Crippen molar-refractivity contribution in [3.05, 3.63) is 76.7 Å². The lowest BCUT2D eigenvalue weighted by atomic mass is 10.1. The van der Waals surface area contributed by atoms with Gasteiger partial charge in [0, 0.05) is 30.8 Å². The Kier molecular flexibility index (Phi) is 7.56. The molecule has 3 aromatic rings. The van der Waals surface area contributed by atoms with Crippen molar-refractivity contribution in [2.75, 3.05) is 37.7 Å². The molecule has 1 aliphatic rings. The highest BCUT2D eigenvalue weighted by molar-refractivity contribution is 7.18. The summed E-state index contributed by atoms with van der Waals surface area (Å²) in [5.41, 5.74) is 8.43. The molecule has 1 aliphatic heterocycles. The second-order valence-corrected chi connectivity index (χ2v) is 8.85. The minimum absolute atomic E-state index is 0.148. The molecule has 176 valence electrons. The summed E-state index contributed by atoms with van der Waals surface area (Å²) in [6, 6.07) is 18.8. The van der Waals surface area contributed by atoms with Crippen LogP contribution >= 0.6 is 11.3 Å². The number of primary amides is 1. The topological polar surface area (TPSA) is 114 Å². The largest absolute Gasteiger partial charge is 0.378 e. The molecular formula is C25H26N4O4S. The van der Waals surface area contributed by atoms with Crippen LogP contribution in [0.5, 0.6) is 0 Å². The number of nitrogens with zero attached hydrogens (tertiary/aromatic N) is 1. The van der Waals surface area contributed by atoms with Crippen LogP contribution in [0.3, 0.4) is 0 Å². The maximum Gasteiger partial charge on any atom is 0.261 e. The molecule has 4 N–H and O–H groups in total. The average Bonchev–Trinajstić information content (AvgIpc) is 3.33. The number of rotatable bonds is 8. The van der Waals surface area contributed by atoms with E-state index in [1.165, 1.54) is 11.3 Å². The summed E-state index contributed by atoms with van der Waals surface area (Å²) in [4.78, 5) is 38.7. The average molecular weight is 479 g/mol. The summed E-state index contributed by atoms with van der Waals surface area (Å²) < 4.78 is 5.49. The van der Waals surface area contributed by atoms with Crippen molar-refractivity contribution in [2.24, 2.45) is 5.73 Å². The molecule has 0 saturated carbocycles. The molecule has 4 rings (SSSR count). The number of carbonyl (C=O) groups excluding carboxylic acids is 3. The minimum atomic E-state index is -0.603. The summed E-state index contributed by atoms with van der Waals surface area (Å²) in [5.74, 6) is -1.13. The first kappa shape index (κ1) is 23.5. The summed E-state index contributed by atoms with van der Waals surface area (Å²) in [5, 5.41) is 6.48. The maximum atomic E-state index is 13.0. The van der Waals surface area contributed by atoms with Crippen molar-refractivity contribution in [3.8, 4) is 11.1 Å². The molecule has 0 unspecified atom stereocenters. The lowest BCUT2D eigenvalue weighted by Gasteiger charge is -2.28. The Morgan fingerprint density at radius 3 is 2.32 bits per heavy atom. The van der Waals surface area contributed by atoms with Gasteiger partial charge in [-0.3, -0.25) is 14.4 Å². The fraction of sp³-hybridized carbons (Fsp3) is 0.240. The number of ether oxygens (including phenoxy) is 1. The predicted molar refractivity (Wildman–Crippen MR) is 132 cm³/mol. The van der Waals surface area contributed by atoms with Crippen LogP contribution in [0.15, 0.2) is 60.7 Å². The quantitative estimate of drug-likeness (QED) is 0.460. The van der Waals surface area contributed by atoms with Gasteiger partial charge in [0.05, 0.1) is 29.6 Å². The zero-order valence-electron chi connectivity index (χ0n) is 18.6. The lowest BCUT2D eigenvalue weighted by Crippen LogP contribution is -2.35. The number of nitrogens with one attached hydrogen (secondary N) is 2. The van der Waals surface area contributed by atoms with Gasteiger partial charge in [0.15, 0.2) is 0 Å². The van der Waals surface area contributed by atoms with Gasteiger partial charge in [-0.05, 0) is 29.3 Å². The van der Waals surface area contributed by atoms with Crippen LogP contribution in [0, 0.1) is 0 Å². The number of carbonyl (C=O) groups is 3. The van der Waals surface area contributed by atoms with Crippen molar-refractivity contribution in [1.29, 1.82) is 0 Å². The molecule has 2 heterocycles. The van der Waals surface area contributed by atoms with Crippen molar-refractivity contribution in [3.63, 3.8) is 0 Å². The Labute approximate surface area is 201 Å². The zero-order chi connectivity index (χ0) is 23.9. The fourth-order valence-corrected chi connectivity index (χ4v) is 4.78. The molecule has 0 radical (unpaired) electrons. The van der Waals surface area contributed by atoms with Gasteiger partial charge in [0.2, 0.25) is 5.91 Å². The lowest BCUT2D eigenvalue weighted by molar-refractivity contribution is -0.117. The Bertz CT molecular complexity index is 1160. The molecule has 2 aromatic carbocycles. The van der Waals surface area contributed by atoms with Crippen LogP contribution in [0.4, 0.5) is 5.00 Å². The second kappa shape index (κ2) is 11.0. The van der Waals surface area contributed by atoms with Gasteiger partial charge in [-0.25, -0.2) is 0 Å². The minimum Gasteiger partial charge on any atom is -0.378 e. The van der Waals surface area contributed by atoms with E-state index in [2.05, 4.69) is 27.7 Å². The van der Waals surface area contributed by atoms with Gasteiger partial charge in [-0.15, -0.1) is 11.3 Å². The standard InChI is InChI=1S/C25H26N4O4S/c26-22(30)16-28-23(31)19-8-6-17(7-9-19)15-27-24(32)21-14-20(18-4-2-1-3-5-18)25(34-21)29-10-12-33-13-11-29/h1-9,14H,10-13,15-16H2,(H2,26,30)(H,27,32)(H,28,31). The summed E-state index contributed by atoms with van der Waals surface area (Å²) in [6.07, 6.45) is 0. The van der Waals surface area contributed by atoms with Crippen LogP contribution in [0.2, 0.25) is 0 Å². The molecule has 34 heavy (non-hydrogen) atoms. The molecule has 0 aliphatic carbocycles. The molecule has 0 bridgehead atoms. The van der Waals surface area contributed by atoms with E-state index in [-0.39, 0.29) is 18.4 Å². The van der Waals surface area contributed by atoms with E-state index in [1.54, 1.807) is 24.3 Å². The predicted octanol–water partition coefficient (Wildman–Crippen LogP) is 2.40. The third kappa shape index (κ3) is 5.81. The number of hydrogen-bond donors (Lipinski definition) is 3. The van der Waals surface area contributed by atoms with Crippen molar-refractivity contribution in [2.45, 2.75) is 6.54 Å². The first-order chi connectivity index (χ1) is 16.5. The Hall–Kier alpha value is -3.69. The highest BCUT2D eigenvalue weighted by Crippen LogP contribution is 2.39. The van der Waals surface area contributed by atoms with Gasteiger partial charge >= 0.3 is 0 Å². The van der Waals surface area contributed by atoms with E-state index >= 15 is 0 Å². The highest BCUT2D eigenvalue weighted by Gasteiger charge is 2.22. The smallest absolute Gasteiger partial charge is 0.261 e. The van der Waals surface area contributed by atoms with E-state index in [0.717, 1.165) is 34.8 Å². The number of thiophene rings is 1. The molecule has 0 spiro atoms. The fourth-order valence-electron chi connectivity index (χ4n) is 3.63. The van der Waals surface area contributed by atoms with Gasteiger partial charge in [-0.2, -0.15) is 0 Å². The first-order valence-corrected chi connectivity index (χ1v) is 11.8. The molecule has 3 amide bonds. The maximum absolute atomic E-state index is 13.0. The SMILES string of the molecule is NC(=O)CNC(=O)c1ccc(CNC(=O)c2cc(-c3ccccc3)c(N3CCOCC3)s2)cc1. The Balaban J connectivity index is 1.44. The Morgan fingerprint density at radius 2 is 1.65 bits per heavy atom.